The lowest BCUT2D eigenvalue weighted by molar-refractivity contribution is -0.148. The minimum Gasteiger partial charge on any atom is -0.481 e. The Balaban J connectivity index is 2.19. The molecule has 5 heteroatoms. The molecule has 0 aromatic heterocycles. The minimum atomic E-state index is -0.803. The van der Waals surface area contributed by atoms with Crippen molar-refractivity contribution >= 4 is 27.8 Å². The number of carbonyl (C=O) groups is 2. The number of aliphatic carboxylic acids is 1. The maximum Gasteiger partial charge on any atom is 0.311 e. The zero-order chi connectivity index (χ0) is 14.9. The van der Waals surface area contributed by atoms with Crippen LogP contribution in [0.2, 0.25) is 0 Å². The van der Waals surface area contributed by atoms with E-state index in [0.717, 1.165) is 10.0 Å². The maximum atomic E-state index is 12.5. The molecule has 108 valence electrons. The van der Waals surface area contributed by atoms with E-state index in [9.17, 15) is 14.7 Å². The van der Waals surface area contributed by atoms with E-state index in [1.165, 1.54) is 0 Å². The lowest BCUT2D eigenvalue weighted by Gasteiger charge is -2.23. The molecule has 1 aliphatic heterocycles. The van der Waals surface area contributed by atoms with E-state index < -0.39 is 11.4 Å². The predicted octanol–water partition coefficient (Wildman–Crippen LogP) is 3.08. The summed E-state index contributed by atoms with van der Waals surface area (Å²) in [5, 5.41) is 9.37. The van der Waals surface area contributed by atoms with Crippen LogP contribution in [0.1, 0.15) is 35.7 Å². The predicted molar refractivity (Wildman–Crippen MR) is 79.8 cm³/mol. The van der Waals surface area contributed by atoms with Gasteiger partial charge in [-0.1, -0.05) is 22.9 Å². The Morgan fingerprint density at radius 2 is 2.15 bits per heavy atom. The van der Waals surface area contributed by atoms with Gasteiger partial charge in [0, 0.05) is 23.1 Å². The SMILES string of the molecule is CCC1(C(=O)O)CCN(C(=O)c2ccc(Br)c(C)c2)C1. The van der Waals surface area contributed by atoms with Crippen LogP contribution in [0, 0.1) is 12.3 Å². The van der Waals surface area contributed by atoms with Crippen LogP contribution >= 0.6 is 15.9 Å². The Morgan fingerprint density at radius 3 is 2.65 bits per heavy atom. The summed E-state index contributed by atoms with van der Waals surface area (Å²) < 4.78 is 0.962. The van der Waals surface area contributed by atoms with E-state index in [0.29, 0.717) is 31.5 Å². The van der Waals surface area contributed by atoms with Gasteiger partial charge in [-0.15, -0.1) is 0 Å². The summed E-state index contributed by atoms with van der Waals surface area (Å²) in [6.07, 6.45) is 1.07. The van der Waals surface area contributed by atoms with Crippen LogP contribution in [0.25, 0.3) is 0 Å². The molecule has 2 rings (SSSR count). The number of hydrogen-bond acceptors (Lipinski definition) is 2. The van der Waals surface area contributed by atoms with Crippen LogP contribution in [-0.2, 0) is 4.79 Å². The van der Waals surface area contributed by atoms with Crippen LogP contribution < -0.4 is 0 Å². The summed E-state index contributed by atoms with van der Waals surface area (Å²) in [7, 11) is 0. The molecular weight excluding hydrogens is 322 g/mol. The smallest absolute Gasteiger partial charge is 0.311 e. The Morgan fingerprint density at radius 1 is 1.45 bits per heavy atom. The molecule has 0 radical (unpaired) electrons. The normalized spacial score (nSPS) is 22.1. The third kappa shape index (κ3) is 2.59. The summed E-state index contributed by atoms with van der Waals surface area (Å²) in [4.78, 5) is 25.5. The molecule has 1 aromatic rings. The summed E-state index contributed by atoms with van der Waals surface area (Å²) in [5.41, 5.74) is 0.832. The fourth-order valence-electron chi connectivity index (χ4n) is 2.62. The largest absolute Gasteiger partial charge is 0.481 e. The van der Waals surface area contributed by atoms with Gasteiger partial charge < -0.3 is 10.0 Å². The number of aryl methyl sites for hydroxylation is 1. The lowest BCUT2D eigenvalue weighted by atomic mass is 9.84. The molecule has 0 bridgehead atoms. The van der Waals surface area contributed by atoms with Gasteiger partial charge >= 0.3 is 5.97 Å². The quantitative estimate of drug-likeness (QED) is 0.920. The first-order valence-electron chi connectivity index (χ1n) is 6.68. The molecule has 1 fully saturated rings. The van der Waals surface area contributed by atoms with Gasteiger partial charge in [0.1, 0.15) is 0 Å². The first-order valence-corrected chi connectivity index (χ1v) is 7.48. The summed E-state index contributed by atoms with van der Waals surface area (Å²) >= 11 is 3.41. The molecule has 4 nitrogen and oxygen atoms in total. The highest BCUT2D eigenvalue weighted by atomic mass is 79.9. The molecule has 1 amide bonds. The van der Waals surface area contributed by atoms with Gasteiger partial charge in [-0.25, -0.2) is 0 Å². The van der Waals surface area contributed by atoms with E-state index in [-0.39, 0.29) is 5.91 Å². The van der Waals surface area contributed by atoms with E-state index in [2.05, 4.69) is 15.9 Å². The number of amides is 1. The minimum absolute atomic E-state index is 0.0859. The van der Waals surface area contributed by atoms with E-state index in [4.69, 9.17) is 0 Å². The van der Waals surface area contributed by atoms with Crippen molar-refractivity contribution < 1.29 is 14.7 Å². The zero-order valence-corrected chi connectivity index (χ0v) is 13.2. The van der Waals surface area contributed by atoms with Crippen molar-refractivity contribution in [3.8, 4) is 0 Å². The Bertz CT molecular complexity index is 558. The maximum absolute atomic E-state index is 12.5. The van der Waals surface area contributed by atoms with Gasteiger partial charge in [-0.3, -0.25) is 9.59 Å². The second kappa shape index (κ2) is 5.56. The van der Waals surface area contributed by atoms with Crippen LogP contribution in [0.3, 0.4) is 0 Å². The Hall–Kier alpha value is -1.36. The second-order valence-corrected chi connectivity index (χ2v) is 6.23. The molecular formula is C15H18BrNO3. The van der Waals surface area contributed by atoms with Gasteiger partial charge in [0.25, 0.3) is 5.91 Å². The second-order valence-electron chi connectivity index (χ2n) is 5.38. The van der Waals surface area contributed by atoms with Gasteiger partial charge in [-0.2, -0.15) is 0 Å². The van der Waals surface area contributed by atoms with E-state index in [1.807, 2.05) is 26.0 Å². The van der Waals surface area contributed by atoms with Crippen LogP contribution in [0.15, 0.2) is 22.7 Å². The van der Waals surface area contributed by atoms with E-state index in [1.54, 1.807) is 11.0 Å². The molecule has 0 aliphatic carbocycles. The average molecular weight is 340 g/mol. The molecule has 0 spiro atoms. The Labute approximate surface area is 126 Å². The van der Waals surface area contributed by atoms with Crippen LogP contribution in [-0.4, -0.2) is 35.0 Å². The summed E-state index contributed by atoms with van der Waals surface area (Å²) in [6.45, 7) is 4.60. The molecule has 1 aromatic carbocycles. The van der Waals surface area contributed by atoms with Crippen molar-refractivity contribution in [2.45, 2.75) is 26.7 Å². The number of carbonyl (C=O) groups excluding carboxylic acids is 1. The fraction of sp³-hybridized carbons (Fsp3) is 0.467. The number of halogens is 1. The fourth-order valence-corrected chi connectivity index (χ4v) is 2.87. The molecule has 1 saturated heterocycles. The number of rotatable bonds is 3. The first-order chi connectivity index (χ1) is 9.39. The van der Waals surface area contributed by atoms with Gasteiger partial charge in [0.15, 0.2) is 0 Å². The van der Waals surface area contributed by atoms with Crippen molar-refractivity contribution in [3.63, 3.8) is 0 Å². The van der Waals surface area contributed by atoms with Crippen LogP contribution in [0.4, 0.5) is 0 Å². The standard InChI is InChI=1S/C15H18BrNO3/c1-3-15(14(19)20)6-7-17(9-15)13(18)11-4-5-12(16)10(2)8-11/h4-5,8H,3,6-7,9H2,1-2H3,(H,19,20). The molecule has 1 aliphatic rings. The highest BCUT2D eigenvalue weighted by molar-refractivity contribution is 9.10. The third-order valence-corrected chi connectivity index (χ3v) is 5.07. The number of carboxylic acids is 1. The van der Waals surface area contributed by atoms with Crippen molar-refractivity contribution in [2.75, 3.05) is 13.1 Å². The molecule has 1 heterocycles. The monoisotopic (exact) mass is 339 g/mol. The van der Waals surface area contributed by atoms with Crippen LogP contribution in [0.5, 0.6) is 0 Å². The van der Waals surface area contributed by atoms with Crippen molar-refractivity contribution in [1.29, 1.82) is 0 Å². The molecule has 0 saturated carbocycles. The Kier molecular flexibility index (Phi) is 4.18. The molecule has 1 N–H and O–H groups in total. The van der Waals surface area contributed by atoms with Crippen molar-refractivity contribution in [3.05, 3.63) is 33.8 Å². The van der Waals surface area contributed by atoms with Crippen molar-refractivity contribution in [2.24, 2.45) is 5.41 Å². The molecule has 1 unspecified atom stereocenters. The molecule has 20 heavy (non-hydrogen) atoms. The lowest BCUT2D eigenvalue weighted by Crippen LogP contribution is -2.36. The number of likely N-dealkylation sites (tertiary alicyclic amines) is 1. The van der Waals surface area contributed by atoms with Gasteiger partial charge in [-0.05, 0) is 43.5 Å². The number of nitrogens with zero attached hydrogens (tertiary/aromatic N) is 1. The van der Waals surface area contributed by atoms with Gasteiger partial charge in [0.05, 0.1) is 5.41 Å². The molecule has 1 atom stereocenters. The van der Waals surface area contributed by atoms with Gasteiger partial charge in [0.2, 0.25) is 0 Å². The zero-order valence-electron chi connectivity index (χ0n) is 11.6. The highest BCUT2D eigenvalue weighted by Gasteiger charge is 2.44. The highest BCUT2D eigenvalue weighted by Crippen LogP contribution is 2.35. The third-order valence-electron chi connectivity index (χ3n) is 4.18. The van der Waals surface area contributed by atoms with E-state index >= 15 is 0 Å². The summed E-state index contributed by atoms with van der Waals surface area (Å²) in [6, 6.07) is 5.45. The number of hydrogen-bond donors (Lipinski definition) is 1. The van der Waals surface area contributed by atoms with Crippen molar-refractivity contribution in [1.82, 2.24) is 4.90 Å². The first kappa shape index (κ1) is 15.0. The summed E-state index contributed by atoms with van der Waals surface area (Å²) in [5.74, 6) is -0.889. The average Bonchev–Trinajstić information content (AvgIpc) is 2.87. The topological polar surface area (TPSA) is 57.6 Å². The number of benzene rings is 1. The number of carboxylic acid groups (broad SMARTS) is 1.